The Labute approximate surface area is 117 Å². The molecule has 0 unspecified atom stereocenters. The Morgan fingerprint density at radius 1 is 1.00 bits per heavy atom. The molecule has 1 aromatic carbocycles. The van der Waals surface area contributed by atoms with Crippen LogP contribution in [0.5, 0.6) is 0 Å². The number of hydrogen-bond donors (Lipinski definition) is 0. The summed E-state index contributed by atoms with van der Waals surface area (Å²) >= 11 is 0. The standard InChI is InChI=1S/C13H8F3N5/c14-13(15,16)10-8-21(20-19-10)11-6-7-17-12(18-11)9-4-2-1-3-5-9/h1-8H. The van der Waals surface area contributed by atoms with Crippen LogP contribution in [-0.2, 0) is 6.18 Å². The third-order valence-corrected chi connectivity index (χ3v) is 2.69. The van der Waals surface area contributed by atoms with Crippen molar-refractivity contribution in [3.05, 3.63) is 54.5 Å². The van der Waals surface area contributed by atoms with Gasteiger partial charge in [0.1, 0.15) is 0 Å². The van der Waals surface area contributed by atoms with Crippen molar-refractivity contribution in [2.45, 2.75) is 6.18 Å². The Balaban J connectivity index is 1.99. The van der Waals surface area contributed by atoms with Crippen LogP contribution in [0.15, 0.2) is 48.8 Å². The molecule has 0 saturated carbocycles. The van der Waals surface area contributed by atoms with Gasteiger partial charge in [-0.3, -0.25) is 0 Å². The molecule has 3 aromatic rings. The molecule has 3 rings (SSSR count). The number of nitrogens with zero attached hydrogens (tertiary/aromatic N) is 5. The highest BCUT2D eigenvalue weighted by Crippen LogP contribution is 2.27. The molecule has 0 amide bonds. The monoisotopic (exact) mass is 291 g/mol. The van der Waals surface area contributed by atoms with Crippen molar-refractivity contribution < 1.29 is 13.2 Å². The molecule has 5 nitrogen and oxygen atoms in total. The summed E-state index contributed by atoms with van der Waals surface area (Å²) in [6.07, 6.45) is -2.29. The highest BCUT2D eigenvalue weighted by atomic mass is 19.4. The fourth-order valence-corrected chi connectivity index (χ4v) is 1.71. The van der Waals surface area contributed by atoms with E-state index in [-0.39, 0.29) is 5.82 Å². The predicted octanol–water partition coefficient (Wildman–Crippen LogP) is 2.74. The van der Waals surface area contributed by atoms with Gasteiger partial charge in [0.25, 0.3) is 0 Å². The number of halogens is 3. The molecule has 8 heteroatoms. The van der Waals surface area contributed by atoms with Crippen LogP contribution < -0.4 is 0 Å². The van der Waals surface area contributed by atoms with Crippen molar-refractivity contribution in [2.24, 2.45) is 0 Å². The first-order valence-electron chi connectivity index (χ1n) is 5.92. The van der Waals surface area contributed by atoms with Crippen molar-refractivity contribution in [2.75, 3.05) is 0 Å². The smallest absolute Gasteiger partial charge is 0.236 e. The minimum atomic E-state index is -4.53. The summed E-state index contributed by atoms with van der Waals surface area (Å²) in [7, 11) is 0. The Bertz CT molecular complexity index is 752. The normalized spacial score (nSPS) is 11.6. The van der Waals surface area contributed by atoms with Crippen LogP contribution in [0.4, 0.5) is 13.2 Å². The van der Waals surface area contributed by atoms with Gasteiger partial charge in [0, 0.05) is 17.8 Å². The highest BCUT2D eigenvalue weighted by molar-refractivity contribution is 5.55. The third-order valence-electron chi connectivity index (χ3n) is 2.69. The van der Waals surface area contributed by atoms with E-state index >= 15 is 0 Å². The second kappa shape index (κ2) is 4.97. The van der Waals surface area contributed by atoms with Crippen molar-refractivity contribution in [1.82, 2.24) is 25.0 Å². The lowest BCUT2D eigenvalue weighted by Gasteiger charge is -2.03. The van der Waals surface area contributed by atoms with Crippen LogP contribution in [0.3, 0.4) is 0 Å². The largest absolute Gasteiger partial charge is 0.436 e. The lowest BCUT2D eigenvalue weighted by molar-refractivity contribution is -0.141. The lowest BCUT2D eigenvalue weighted by Crippen LogP contribution is -2.05. The third kappa shape index (κ3) is 2.73. The van der Waals surface area contributed by atoms with Gasteiger partial charge in [0.2, 0.25) is 0 Å². The van der Waals surface area contributed by atoms with Gasteiger partial charge in [-0.15, -0.1) is 5.10 Å². The van der Waals surface area contributed by atoms with Gasteiger partial charge in [-0.25, -0.2) is 14.6 Å². The zero-order chi connectivity index (χ0) is 14.9. The molecule has 0 bridgehead atoms. The maximum Gasteiger partial charge on any atom is 0.436 e. The zero-order valence-corrected chi connectivity index (χ0v) is 10.5. The van der Waals surface area contributed by atoms with Crippen molar-refractivity contribution in [3.63, 3.8) is 0 Å². The van der Waals surface area contributed by atoms with Crippen molar-refractivity contribution >= 4 is 0 Å². The van der Waals surface area contributed by atoms with E-state index in [1.54, 1.807) is 0 Å². The van der Waals surface area contributed by atoms with E-state index in [0.29, 0.717) is 5.82 Å². The SMILES string of the molecule is FC(F)(F)c1cn(-c2ccnc(-c3ccccc3)n2)nn1. The molecule has 0 radical (unpaired) electrons. The lowest BCUT2D eigenvalue weighted by atomic mass is 10.2. The molecule has 0 spiro atoms. The van der Waals surface area contributed by atoms with Gasteiger partial charge in [-0.05, 0) is 0 Å². The number of rotatable bonds is 2. The summed E-state index contributed by atoms with van der Waals surface area (Å²) < 4.78 is 38.5. The number of benzene rings is 1. The van der Waals surface area contributed by atoms with E-state index in [2.05, 4.69) is 20.3 Å². The van der Waals surface area contributed by atoms with Crippen LogP contribution in [0.2, 0.25) is 0 Å². The Morgan fingerprint density at radius 3 is 2.43 bits per heavy atom. The van der Waals surface area contributed by atoms with Crippen molar-refractivity contribution in [1.29, 1.82) is 0 Å². The summed E-state index contributed by atoms with van der Waals surface area (Å²) in [5.74, 6) is 0.615. The van der Waals surface area contributed by atoms with Gasteiger partial charge in [0.15, 0.2) is 17.3 Å². The first kappa shape index (κ1) is 13.2. The van der Waals surface area contributed by atoms with Gasteiger partial charge in [-0.1, -0.05) is 35.5 Å². The molecule has 0 aliphatic carbocycles. The van der Waals surface area contributed by atoms with E-state index in [1.165, 1.54) is 12.3 Å². The Hall–Kier alpha value is -2.77. The topological polar surface area (TPSA) is 56.5 Å². The minimum absolute atomic E-state index is 0.215. The molecule has 0 saturated heterocycles. The fraction of sp³-hybridized carbons (Fsp3) is 0.0769. The average Bonchev–Trinajstić information content (AvgIpc) is 2.98. The van der Waals surface area contributed by atoms with E-state index in [9.17, 15) is 13.2 Å². The highest BCUT2D eigenvalue weighted by Gasteiger charge is 2.34. The number of alkyl halides is 3. The average molecular weight is 291 g/mol. The Morgan fingerprint density at radius 2 is 1.76 bits per heavy atom. The molecule has 0 N–H and O–H groups in total. The molecule has 0 aliphatic heterocycles. The van der Waals surface area contributed by atoms with Crippen LogP contribution in [-0.4, -0.2) is 25.0 Å². The molecule has 21 heavy (non-hydrogen) atoms. The summed E-state index contributed by atoms with van der Waals surface area (Å²) in [6, 6.07) is 10.6. The van der Waals surface area contributed by atoms with E-state index < -0.39 is 11.9 Å². The molecule has 2 heterocycles. The van der Waals surface area contributed by atoms with E-state index in [0.717, 1.165) is 16.4 Å². The minimum Gasteiger partial charge on any atom is -0.236 e. The molecular weight excluding hydrogens is 283 g/mol. The van der Waals surface area contributed by atoms with Gasteiger partial charge in [-0.2, -0.15) is 13.2 Å². The summed E-state index contributed by atoms with van der Waals surface area (Å²) in [4.78, 5) is 8.29. The van der Waals surface area contributed by atoms with Gasteiger partial charge in [0.05, 0.1) is 6.20 Å². The van der Waals surface area contributed by atoms with Crippen LogP contribution in [0.1, 0.15) is 5.69 Å². The first-order valence-corrected chi connectivity index (χ1v) is 5.92. The summed E-state index contributed by atoms with van der Waals surface area (Å²) in [6.45, 7) is 0. The predicted molar refractivity (Wildman–Crippen MR) is 67.4 cm³/mol. The molecule has 106 valence electrons. The molecule has 0 fully saturated rings. The van der Waals surface area contributed by atoms with E-state index in [1.807, 2.05) is 30.3 Å². The quantitative estimate of drug-likeness (QED) is 0.728. The summed E-state index contributed by atoms with van der Waals surface area (Å²) in [5, 5.41) is 6.54. The summed E-state index contributed by atoms with van der Waals surface area (Å²) in [5.41, 5.74) is -0.308. The second-order valence-electron chi connectivity index (χ2n) is 4.15. The number of hydrogen-bond acceptors (Lipinski definition) is 4. The maximum absolute atomic E-state index is 12.5. The molecule has 0 atom stereocenters. The van der Waals surface area contributed by atoms with Crippen LogP contribution in [0.25, 0.3) is 17.2 Å². The van der Waals surface area contributed by atoms with Gasteiger partial charge >= 0.3 is 6.18 Å². The second-order valence-corrected chi connectivity index (χ2v) is 4.15. The maximum atomic E-state index is 12.5. The van der Waals surface area contributed by atoms with Crippen LogP contribution in [0, 0.1) is 0 Å². The Kier molecular flexibility index (Phi) is 3.13. The fourth-order valence-electron chi connectivity index (χ4n) is 1.71. The molecule has 0 aliphatic rings. The van der Waals surface area contributed by atoms with Crippen LogP contribution >= 0.6 is 0 Å². The van der Waals surface area contributed by atoms with E-state index in [4.69, 9.17) is 0 Å². The zero-order valence-electron chi connectivity index (χ0n) is 10.5. The number of aromatic nitrogens is 5. The first-order chi connectivity index (χ1) is 10.0. The molecular formula is C13H8F3N5. The van der Waals surface area contributed by atoms with Gasteiger partial charge < -0.3 is 0 Å². The van der Waals surface area contributed by atoms with Crippen molar-refractivity contribution in [3.8, 4) is 17.2 Å². The molecule has 2 aromatic heterocycles.